The van der Waals surface area contributed by atoms with Crippen LogP contribution in [0.3, 0.4) is 0 Å². The number of halogens is 2. The number of thioether (sulfide) groups is 1. The third-order valence-electron chi connectivity index (χ3n) is 2.43. The number of amides is 1. The van der Waals surface area contributed by atoms with Crippen molar-refractivity contribution < 1.29 is 18.0 Å². The Hall–Kier alpha value is -1.08. The lowest BCUT2D eigenvalue weighted by molar-refractivity contribution is -0.119. The molecule has 0 aromatic carbocycles. The lowest BCUT2D eigenvalue weighted by atomic mass is 10.0. The van der Waals surface area contributed by atoms with Crippen LogP contribution in [0.15, 0.2) is 16.5 Å². The number of nitrogens with one attached hydrogen (secondary N) is 1. The highest BCUT2D eigenvalue weighted by molar-refractivity contribution is 7.98. The fourth-order valence-electron chi connectivity index (χ4n) is 1.56. The van der Waals surface area contributed by atoms with Gasteiger partial charge >= 0.3 is 0 Å². The molecule has 1 heterocycles. The van der Waals surface area contributed by atoms with E-state index in [1.165, 1.54) is 0 Å². The third-order valence-corrected chi connectivity index (χ3v) is 3.13. The Balaban J connectivity index is 2.43. The number of rotatable bonds is 8. The van der Waals surface area contributed by atoms with Crippen molar-refractivity contribution in [3.63, 3.8) is 0 Å². The minimum atomic E-state index is -2.40. The van der Waals surface area contributed by atoms with Crippen molar-refractivity contribution >= 4 is 17.7 Å². The van der Waals surface area contributed by atoms with Gasteiger partial charge in [-0.3, -0.25) is 4.79 Å². The molecule has 0 saturated heterocycles. The van der Waals surface area contributed by atoms with Crippen LogP contribution >= 0.6 is 11.8 Å². The van der Waals surface area contributed by atoms with Crippen LogP contribution < -0.4 is 11.1 Å². The second-order valence-corrected chi connectivity index (χ2v) is 5.80. The molecule has 1 rings (SSSR count). The molecule has 1 aromatic heterocycles. The molecule has 0 bridgehead atoms. The van der Waals surface area contributed by atoms with Crippen molar-refractivity contribution in [3.05, 3.63) is 23.7 Å². The van der Waals surface area contributed by atoms with Gasteiger partial charge in [-0.2, -0.15) is 8.78 Å². The van der Waals surface area contributed by atoms with Gasteiger partial charge in [-0.25, -0.2) is 0 Å². The quantitative estimate of drug-likeness (QED) is 0.772. The zero-order valence-electron chi connectivity index (χ0n) is 10.9. The van der Waals surface area contributed by atoms with Gasteiger partial charge in [0.1, 0.15) is 11.5 Å². The molecule has 0 saturated carbocycles. The van der Waals surface area contributed by atoms with Gasteiger partial charge in [0.15, 0.2) is 0 Å². The van der Waals surface area contributed by atoms with Crippen LogP contribution in [0.1, 0.15) is 31.8 Å². The second-order valence-electron chi connectivity index (χ2n) is 4.82. The maximum atomic E-state index is 12.0. The molecule has 0 aliphatic heterocycles. The number of hydrogen-bond donors (Lipinski definition) is 2. The Morgan fingerprint density at radius 3 is 2.68 bits per heavy atom. The van der Waals surface area contributed by atoms with Gasteiger partial charge in [-0.1, -0.05) is 11.8 Å². The first kappa shape index (κ1) is 16.0. The first-order valence-electron chi connectivity index (χ1n) is 5.79. The Morgan fingerprint density at radius 1 is 1.47 bits per heavy atom. The van der Waals surface area contributed by atoms with Crippen LogP contribution in [0.25, 0.3) is 0 Å². The SMILES string of the molecule is CC(C)(CC(N)=O)NCc1ccc(CSC(F)F)o1. The van der Waals surface area contributed by atoms with E-state index in [-0.39, 0.29) is 18.1 Å². The van der Waals surface area contributed by atoms with Gasteiger partial charge in [0.25, 0.3) is 5.76 Å². The number of nitrogens with two attached hydrogens (primary N) is 1. The van der Waals surface area contributed by atoms with Gasteiger partial charge < -0.3 is 15.5 Å². The minimum Gasteiger partial charge on any atom is -0.464 e. The van der Waals surface area contributed by atoms with E-state index >= 15 is 0 Å². The van der Waals surface area contributed by atoms with Gasteiger partial charge in [0.05, 0.1) is 12.3 Å². The van der Waals surface area contributed by atoms with E-state index in [4.69, 9.17) is 10.2 Å². The normalized spacial score (nSPS) is 12.1. The molecule has 0 aliphatic carbocycles. The van der Waals surface area contributed by atoms with E-state index in [2.05, 4.69) is 5.32 Å². The summed E-state index contributed by atoms with van der Waals surface area (Å²) in [7, 11) is 0. The van der Waals surface area contributed by atoms with E-state index in [9.17, 15) is 13.6 Å². The smallest absolute Gasteiger partial charge is 0.284 e. The van der Waals surface area contributed by atoms with E-state index in [1.807, 2.05) is 13.8 Å². The number of carbonyl (C=O) groups is 1. The maximum absolute atomic E-state index is 12.0. The number of primary amides is 1. The van der Waals surface area contributed by atoms with E-state index in [1.54, 1.807) is 12.1 Å². The van der Waals surface area contributed by atoms with Crippen LogP contribution in [0, 0.1) is 0 Å². The highest BCUT2D eigenvalue weighted by Crippen LogP contribution is 2.21. The molecular formula is C12H18F2N2O2S. The fourth-order valence-corrected chi connectivity index (χ4v) is 2.01. The molecule has 3 N–H and O–H groups in total. The summed E-state index contributed by atoms with van der Waals surface area (Å²) in [6, 6.07) is 3.40. The standard InChI is InChI=1S/C12H18F2N2O2S/c1-12(2,5-10(15)17)16-6-8-3-4-9(18-8)7-19-11(13)14/h3-4,11,16H,5-7H2,1-2H3,(H2,15,17). The van der Waals surface area contributed by atoms with Gasteiger partial charge in [-0.15, -0.1) is 0 Å². The summed E-state index contributed by atoms with van der Waals surface area (Å²) in [6.07, 6.45) is 0.210. The zero-order valence-corrected chi connectivity index (χ0v) is 11.7. The Bertz CT molecular complexity index is 422. The molecule has 7 heteroatoms. The molecule has 0 unspecified atom stereocenters. The average molecular weight is 292 g/mol. The van der Waals surface area contributed by atoms with E-state index < -0.39 is 11.3 Å². The number of furan rings is 1. The number of carbonyl (C=O) groups excluding carboxylic acids is 1. The van der Waals surface area contributed by atoms with Gasteiger partial charge in [0, 0.05) is 12.0 Å². The molecule has 0 spiro atoms. The van der Waals surface area contributed by atoms with Gasteiger partial charge in [-0.05, 0) is 26.0 Å². The topological polar surface area (TPSA) is 68.3 Å². The first-order valence-corrected chi connectivity index (χ1v) is 6.84. The van der Waals surface area contributed by atoms with Crippen LogP contribution in [0.2, 0.25) is 0 Å². The molecule has 19 heavy (non-hydrogen) atoms. The summed E-state index contributed by atoms with van der Waals surface area (Å²) in [5, 5.41) is 3.14. The van der Waals surface area contributed by atoms with Crippen LogP contribution in [0.5, 0.6) is 0 Å². The summed E-state index contributed by atoms with van der Waals surface area (Å²) in [5.74, 6) is -1.49. The minimum absolute atomic E-state index is 0.141. The predicted molar refractivity (Wildman–Crippen MR) is 70.7 cm³/mol. The zero-order chi connectivity index (χ0) is 14.5. The molecule has 108 valence electrons. The molecule has 1 amide bonds. The van der Waals surface area contributed by atoms with Crippen LogP contribution in [0.4, 0.5) is 8.78 Å². The molecular weight excluding hydrogens is 274 g/mol. The molecule has 0 fully saturated rings. The summed E-state index contributed by atoms with van der Waals surface area (Å²) >= 11 is 0.521. The average Bonchev–Trinajstić information content (AvgIpc) is 2.70. The lowest BCUT2D eigenvalue weighted by Gasteiger charge is -2.24. The Morgan fingerprint density at radius 2 is 2.11 bits per heavy atom. The largest absolute Gasteiger partial charge is 0.464 e. The number of hydrogen-bond acceptors (Lipinski definition) is 4. The van der Waals surface area contributed by atoms with Crippen LogP contribution in [-0.4, -0.2) is 17.2 Å². The lowest BCUT2D eigenvalue weighted by Crippen LogP contribution is -2.42. The Kier molecular flexibility index (Phi) is 5.81. The summed E-state index contributed by atoms with van der Waals surface area (Å²) in [4.78, 5) is 10.9. The highest BCUT2D eigenvalue weighted by Gasteiger charge is 2.20. The first-order chi connectivity index (χ1) is 8.78. The van der Waals surface area contributed by atoms with Crippen molar-refractivity contribution in [3.8, 4) is 0 Å². The van der Waals surface area contributed by atoms with E-state index in [0.29, 0.717) is 29.8 Å². The summed E-state index contributed by atoms with van der Waals surface area (Å²) < 4.78 is 29.4. The van der Waals surface area contributed by atoms with Crippen molar-refractivity contribution in [2.45, 2.75) is 43.9 Å². The van der Waals surface area contributed by atoms with Crippen LogP contribution in [-0.2, 0) is 17.1 Å². The molecule has 4 nitrogen and oxygen atoms in total. The number of alkyl halides is 2. The third kappa shape index (κ3) is 6.58. The summed E-state index contributed by atoms with van der Waals surface area (Å²) in [6.45, 7) is 4.13. The van der Waals surface area contributed by atoms with Gasteiger partial charge in [0.2, 0.25) is 5.91 Å². The molecule has 0 atom stereocenters. The van der Waals surface area contributed by atoms with Crippen molar-refractivity contribution in [1.29, 1.82) is 0 Å². The molecule has 0 radical (unpaired) electrons. The Labute approximate surface area is 115 Å². The van der Waals surface area contributed by atoms with Crippen molar-refractivity contribution in [2.75, 3.05) is 0 Å². The fraction of sp³-hybridized carbons (Fsp3) is 0.583. The monoisotopic (exact) mass is 292 g/mol. The second kappa shape index (κ2) is 6.91. The maximum Gasteiger partial charge on any atom is 0.284 e. The highest BCUT2D eigenvalue weighted by atomic mass is 32.2. The molecule has 0 aliphatic rings. The predicted octanol–water partition coefficient (Wildman–Crippen LogP) is 2.48. The molecule has 1 aromatic rings. The van der Waals surface area contributed by atoms with E-state index in [0.717, 1.165) is 0 Å². The summed E-state index contributed by atoms with van der Waals surface area (Å²) in [5.41, 5.74) is 4.71. The van der Waals surface area contributed by atoms with Crippen molar-refractivity contribution in [1.82, 2.24) is 5.32 Å². The van der Waals surface area contributed by atoms with Crippen molar-refractivity contribution in [2.24, 2.45) is 5.73 Å².